The van der Waals surface area contributed by atoms with Crippen molar-refractivity contribution in [1.29, 1.82) is 0 Å². The normalized spacial score (nSPS) is 13.6. The smallest absolute Gasteiger partial charge is 0.127 e. The predicted molar refractivity (Wildman–Crippen MR) is 96.9 cm³/mol. The van der Waals surface area contributed by atoms with Crippen molar-refractivity contribution in [3.63, 3.8) is 0 Å². The van der Waals surface area contributed by atoms with Gasteiger partial charge in [-0.05, 0) is 61.1 Å². The molecule has 2 aromatic rings. The van der Waals surface area contributed by atoms with Gasteiger partial charge in [-0.3, -0.25) is 0 Å². The lowest BCUT2D eigenvalue weighted by atomic mass is 10.0. The highest BCUT2D eigenvalue weighted by Crippen LogP contribution is 2.23. The van der Waals surface area contributed by atoms with Crippen molar-refractivity contribution in [2.24, 2.45) is 11.5 Å². The Kier molecular flexibility index (Phi) is 6.63. The van der Waals surface area contributed by atoms with Crippen LogP contribution in [0, 0.1) is 0 Å². The third kappa shape index (κ3) is 5.70. The Morgan fingerprint density at radius 3 is 1.35 bits per heavy atom. The Labute approximate surface area is 139 Å². The summed E-state index contributed by atoms with van der Waals surface area (Å²) in [6.07, 6.45) is 3.80. The standard InChI is InChI=1S/C20H28N2O/c1-3-17(21)13-15-5-9-19(10-6-15)23-20-11-7-16(8-12-20)14-18(22)4-2/h5-12,17-18H,3-4,13-14,21-22H2,1-2H3. The van der Waals surface area contributed by atoms with Crippen LogP contribution in [-0.4, -0.2) is 12.1 Å². The molecule has 0 amide bonds. The van der Waals surface area contributed by atoms with E-state index in [4.69, 9.17) is 16.2 Å². The van der Waals surface area contributed by atoms with Crippen LogP contribution in [-0.2, 0) is 12.8 Å². The molecule has 0 aliphatic rings. The third-order valence-electron chi connectivity index (χ3n) is 4.13. The first-order chi connectivity index (χ1) is 11.1. The molecule has 2 unspecified atom stereocenters. The summed E-state index contributed by atoms with van der Waals surface area (Å²) in [5.41, 5.74) is 14.5. The van der Waals surface area contributed by atoms with Gasteiger partial charge in [-0.25, -0.2) is 0 Å². The second-order valence-corrected chi connectivity index (χ2v) is 6.13. The van der Waals surface area contributed by atoms with Crippen LogP contribution in [0.3, 0.4) is 0 Å². The SMILES string of the molecule is CCC(N)Cc1ccc(Oc2ccc(CC(N)CC)cc2)cc1. The van der Waals surface area contributed by atoms with Crippen molar-refractivity contribution in [1.82, 2.24) is 0 Å². The van der Waals surface area contributed by atoms with E-state index in [1.807, 2.05) is 24.3 Å². The monoisotopic (exact) mass is 312 g/mol. The van der Waals surface area contributed by atoms with Gasteiger partial charge >= 0.3 is 0 Å². The molecule has 0 aliphatic heterocycles. The molecule has 0 saturated carbocycles. The molecule has 2 rings (SSSR count). The van der Waals surface area contributed by atoms with Crippen molar-refractivity contribution in [2.45, 2.75) is 51.6 Å². The minimum absolute atomic E-state index is 0.226. The number of ether oxygens (including phenoxy) is 1. The Balaban J connectivity index is 1.94. The fraction of sp³-hybridized carbons (Fsp3) is 0.400. The molecule has 0 saturated heterocycles. The van der Waals surface area contributed by atoms with Crippen molar-refractivity contribution in [2.75, 3.05) is 0 Å². The van der Waals surface area contributed by atoms with Gasteiger partial charge in [-0.15, -0.1) is 0 Å². The molecule has 0 spiro atoms. The average molecular weight is 312 g/mol. The number of hydrogen-bond donors (Lipinski definition) is 2. The number of benzene rings is 2. The summed E-state index contributed by atoms with van der Waals surface area (Å²) in [4.78, 5) is 0. The van der Waals surface area contributed by atoms with Crippen LogP contribution in [0.15, 0.2) is 48.5 Å². The zero-order valence-electron chi connectivity index (χ0n) is 14.2. The van der Waals surface area contributed by atoms with Crippen molar-refractivity contribution >= 4 is 0 Å². The van der Waals surface area contributed by atoms with Gasteiger partial charge in [0, 0.05) is 12.1 Å². The fourth-order valence-electron chi connectivity index (χ4n) is 2.42. The summed E-state index contributed by atoms with van der Waals surface area (Å²) in [6.45, 7) is 4.22. The van der Waals surface area contributed by atoms with E-state index in [0.29, 0.717) is 0 Å². The van der Waals surface area contributed by atoms with Crippen LogP contribution in [0.1, 0.15) is 37.8 Å². The first kappa shape index (κ1) is 17.5. The van der Waals surface area contributed by atoms with E-state index in [2.05, 4.69) is 38.1 Å². The zero-order chi connectivity index (χ0) is 16.7. The lowest BCUT2D eigenvalue weighted by molar-refractivity contribution is 0.482. The Morgan fingerprint density at radius 2 is 1.04 bits per heavy atom. The van der Waals surface area contributed by atoms with Gasteiger partial charge in [-0.2, -0.15) is 0 Å². The van der Waals surface area contributed by atoms with Crippen LogP contribution < -0.4 is 16.2 Å². The predicted octanol–water partition coefficient (Wildman–Crippen LogP) is 4.04. The molecule has 0 fully saturated rings. The number of hydrogen-bond acceptors (Lipinski definition) is 3. The molecule has 0 aromatic heterocycles. The van der Waals surface area contributed by atoms with Crippen LogP contribution in [0.5, 0.6) is 11.5 Å². The van der Waals surface area contributed by atoms with E-state index < -0.39 is 0 Å². The molecule has 3 heteroatoms. The molecule has 4 N–H and O–H groups in total. The highest BCUT2D eigenvalue weighted by Gasteiger charge is 2.04. The van der Waals surface area contributed by atoms with Gasteiger partial charge in [-0.1, -0.05) is 38.1 Å². The molecule has 0 aliphatic carbocycles. The maximum Gasteiger partial charge on any atom is 0.127 e. The van der Waals surface area contributed by atoms with Crippen molar-refractivity contribution in [3.05, 3.63) is 59.7 Å². The molecule has 124 valence electrons. The quantitative estimate of drug-likeness (QED) is 0.773. The Hall–Kier alpha value is -1.84. The highest BCUT2D eigenvalue weighted by atomic mass is 16.5. The van der Waals surface area contributed by atoms with Gasteiger partial charge in [0.2, 0.25) is 0 Å². The lowest BCUT2D eigenvalue weighted by Gasteiger charge is -2.11. The topological polar surface area (TPSA) is 61.3 Å². The van der Waals surface area contributed by atoms with Crippen LogP contribution in [0.2, 0.25) is 0 Å². The van der Waals surface area contributed by atoms with E-state index in [9.17, 15) is 0 Å². The molecule has 3 nitrogen and oxygen atoms in total. The molecule has 0 radical (unpaired) electrons. The molecular formula is C20H28N2O. The van der Waals surface area contributed by atoms with Gasteiger partial charge < -0.3 is 16.2 Å². The van der Waals surface area contributed by atoms with E-state index >= 15 is 0 Å². The summed E-state index contributed by atoms with van der Waals surface area (Å²) in [7, 11) is 0. The summed E-state index contributed by atoms with van der Waals surface area (Å²) >= 11 is 0. The van der Waals surface area contributed by atoms with Gasteiger partial charge in [0.15, 0.2) is 0 Å². The second kappa shape index (κ2) is 8.70. The van der Waals surface area contributed by atoms with Crippen LogP contribution in [0.4, 0.5) is 0 Å². The highest BCUT2D eigenvalue weighted by molar-refractivity contribution is 5.35. The fourth-order valence-corrected chi connectivity index (χ4v) is 2.42. The van der Waals surface area contributed by atoms with Gasteiger partial charge in [0.1, 0.15) is 11.5 Å². The maximum atomic E-state index is 5.98. The average Bonchev–Trinajstić information content (AvgIpc) is 2.58. The summed E-state index contributed by atoms with van der Waals surface area (Å²) in [5.74, 6) is 1.69. The number of nitrogens with two attached hydrogens (primary N) is 2. The summed E-state index contributed by atoms with van der Waals surface area (Å²) in [6, 6.07) is 16.8. The maximum absolute atomic E-state index is 5.98. The first-order valence-corrected chi connectivity index (χ1v) is 8.47. The third-order valence-corrected chi connectivity index (χ3v) is 4.13. The van der Waals surface area contributed by atoms with E-state index in [1.54, 1.807) is 0 Å². The van der Waals surface area contributed by atoms with Crippen molar-refractivity contribution < 1.29 is 4.74 Å². The Morgan fingerprint density at radius 1 is 0.696 bits per heavy atom. The van der Waals surface area contributed by atoms with Gasteiger partial charge in [0.05, 0.1) is 0 Å². The molecule has 0 bridgehead atoms. The van der Waals surface area contributed by atoms with Crippen LogP contribution >= 0.6 is 0 Å². The zero-order valence-corrected chi connectivity index (χ0v) is 14.2. The summed E-state index contributed by atoms with van der Waals surface area (Å²) < 4.78 is 5.89. The largest absolute Gasteiger partial charge is 0.457 e. The van der Waals surface area contributed by atoms with Crippen molar-refractivity contribution in [3.8, 4) is 11.5 Å². The molecule has 2 atom stereocenters. The first-order valence-electron chi connectivity index (χ1n) is 8.47. The molecular weight excluding hydrogens is 284 g/mol. The second-order valence-electron chi connectivity index (χ2n) is 6.13. The lowest BCUT2D eigenvalue weighted by Crippen LogP contribution is -2.21. The van der Waals surface area contributed by atoms with Gasteiger partial charge in [0.25, 0.3) is 0 Å². The van der Waals surface area contributed by atoms with E-state index in [0.717, 1.165) is 37.2 Å². The number of rotatable bonds is 8. The Bertz CT molecular complexity index is 524. The minimum atomic E-state index is 0.226. The van der Waals surface area contributed by atoms with E-state index in [-0.39, 0.29) is 12.1 Å². The molecule has 2 aromatic carbocycles. The summed E-state index contributed by atoms with van der Waals surface area (Å²) in [5, 5.41) is 0. The minimum Gasteiger partial charge on any atom is -0.457 e. The molecule has 23 heavy (non-hydrogen) atoms. The molecule has 0 heterocycles. The van der Waals surface area contributed by atoms with Crippen LogP contribution in [0.25, 0.3) is 0 Å². The van der Waals surface area contributed by atoms with E-state index in [1.165, 1.54) is 11.1 Å².